The maximum Gasteiger partial charge on any atom is 0.357 e. The monoisotopic (exact) mass is 312 g/mol. The average Bonchev–Trinajstić information content (AvgIpc) is 3.00. The van der Waals surface area contributed by atoms with Crippen LogP contribution in [0.1, 0.15) is 39.5 Å². The van der Waals surface area contributed by atoms with Crippen LogP contribution in [0.4, 0.5) is 0 Å². The third kappa shape index (κ3) is 3.35. The van der Waals surface area contributed by atoms with Crippen LogP contribution in [-0.4, -0.2) is 34.0 Å². The highest BCUT2D eigenvalue weighted by Gasteiger charge is 2.18. The molecule has 3 rings (SSSR count). The fourth-order valence-electron chi connectivity index (χ4n) is 2.87. The fraction of sp³-hybridized carbons (Fsp3) is 0.333. The van der Waals surface area contributed by atoms with E-state index in [1.165, 1.54) is 28.5 Å². The van der Waals surface area contributed by atoms with Crippen molar-refractivity contribution in [2.75, 3.05) is 13.1 Å². The summed E-state index contributed by atoms with van der Waals surface area (Å²) in [7, 11) is 0. The Morgan fingerprint density at radius 1 is 1.39 bits per heavy atom. The number of aryl methyl sites for hydroxylation is 1. The van der Waals surface area contributed by atoms with Gasteiger partial charge in [-0.2, -0.15) is 0 Å². The first-order chi connectivity index (χ1) is 11.0. The van der Waals surface area contributed by atoms with Gasteiger partial charge >= 0.3 is 5.97 Å². The van der Waals surface area contributed by atoms with Crippen LogP contribution in [-0.2, 0) is 6.54 Å². The first-order valence-corrected chi connectivity index (χ1v) is 7.70. The smallest absolute Gasteiger partial charge is 0.357 e. The summed E-state index contributed by atoms with van der Waals surface area (Å²) in [5.41, 5.74) is 5.32. The van der Waals surface area contributed by atoms with E-state index in [0.717, 1.165) is 19.5 Å². The van der Waals surface area contributed by atoms with E-state index in [9.17, 15) is 4.79 Å². The Kier molecular flexibility index (Phi) is 4.30. The van der Waals surface area contributed by atoms with E-state index < -0.39 is 5.97 Å². The van der Waals surface area contributed by atoms with Crippen LogP contribution in [0.3, 0.4) is 0 Å². The number of nitrogens with zero attached hydrogens (tertiary/aromatic N) is 2. The van der Waals surface area contributed by atoms with Gasteiger partial charge in [-0.05, 0) is 42.5 Å². The zero-order valence-corrected chi connectivity index (χ0v) is 13.4. The molecule has 0 amide bonds. The molecule has 2 heterocycles. The summed E-state index contributed by atoms with van der Waals surface area (Å²) in [5.74, 6) is -0.610. The molecule has 1 aromatic carbocycles. The minimum absolute atomic E-state index is 0.0383. The number of carbonyl (C=O) groups is 1. The van der Waals surface area contributed by atoms with Crippen molar-refractivity contribution in [2.45, 2.75) is 26.8 Å². The summed E-state index contributed by atoms with van der Waals surface area (Å²) in [6, 6.07) is 6.42. The second-order valence-electron chi connectivity index (χ2n) is 5.89. The number of rotatable bonds is 4. The number of carboxylic acids is 1. The van der Waals surface area contributed by atoms with Crippen molar-refractivity contribution in [3.63, 3.8) is 0 Å². The molecule has 0 saturated carbocycles. The van der Waals surface area contributed by atoms with Crippen LogP contribution < -0.4 is 0 Å². The number of carboxylic acid groups (broad SMARTS) is 1. The molecule has 0 atom stereocenters. The van der Waals surface area contributed by atoms with Gasteiger partial charge in [0.1, 0.15) is 6.26 Å². The van der Waals surface area contributed by atoms with Gasteiger partial charge in [-0.25, -0.2) is 9.78 Å². The molecular formula is C18H20N2O3. The number of hydrogen-bond acceptors (Lipinski definition) is 4. The lowest BCUT2D eigenvalue weighted by Crippen LogP contribution is -2.28. The van der Waals surface area contributed by atoms with Crippen LogP contribution in [0.2, 0.25) is 0 Å². The Hall–Kier alpha value is -2.40. The van der Waals surface area contributed by atoms with E-state index in [2.05, 4.69) is 48.0 Å². The molecule has 0 fully saturated rings. The minimum Gasteiger partial charge on any atom is -0.476 e. The zero-order valence-electron chi connectivity index (χ0n) is 13.4. The van der Waals surface area contributed by atoms with Gasteiger partial charge in [-0.1, -0.05) is 24.3 Å². The van der Waals surface area contributed by atoms with Gasteiger partial charge in [0, 0.05) is 13.1 Å². The Morgan fingerprint density at radius 3 is 2.87 bits per heavy atom. The predicted molar refractivity (Wildman–Crippen MR) is 87.2 cm³/mol. The molecular weight excluding hydrogens is 292 g/mol. The van der Waals surface area contributed by atoms with Gasteiger partial charge in [0.15, 0.2) is 5.69 Å². The third-order valence-corrected chi connectivity index (χ3v) is 4.37. The molecule has 2 aromatic rings. The van der Waals surface area contributed by atoms with E-state index in [1.807, 2.05) is 0 Å². The summed E-state index contributed by atoms with van der Waals surface area (Å²) >= 11 is 0. The van der Waals surface area contributed by atoms with Crippen LogP contribution in [0.15, 0.2) is 35.0 Å². The number of aromatic carboxylic acids is 1. The topological polar surface area (TPSA) is 66.6 Å². The predicted octanol–water partition coefficient (Wildman–Crippen LogP) is 3.28. The highest BCUT2D eigenvalue weighted by molar-refractivity contribution is 5.84. The van der Waals surface area contributed by atoms with Crippen LogP contribution in [0, 0.1) is 13.8 Å². The highest BCUT2D eigenvalue weighted by Crippen LogP contribution is 2.27. The van der Waals surface area contributed by atoms with Gasteiger partial charge in [0.25, 0.3) is 0 Å². The molecule has 1 N–H and O–H groups in total. The lowest BCUT2D eigenvalue weighted by Gasteiger charge is -2.26. The van der Waals surface area contributed by atoms with E-state index in [1.54, 1.807) is 0 Å². The van der Waals surface area contributed by atoms with Gasteiger partial charge < -0.3 is 9.52 Å². The van der Waals surface area contributed by atoms with E-state index in [4.69, 9.17) is 9.52 Å². The van der Waals surface area contributed by atoms with Crippen molar-refractivity contribution < 1.29 is 14.3 Å². The van der Waals surface area contributed by atoms with Crippen molar-refractivity contribution in [3.05, 3.63) is 58.8 Å². The van der Waals surface area contributed by atoms with Crippen LogP contribution in [0.25, 0.3) is 5.57 Å². The second kappa shape index (κ2) is 6.38. The Balaban J connectivity index is 1.68. The molecule has 0 unspecified atom stereocenters. The molecule has 0 spiro atoms. The van der Waals surface area contributed by atoms with Crippen LogP contribution in [0.5, 0.6) is 0 Å². The number of aromatic nitrogens is 1. The van der Waals surface area contributed by atoms with E-state index >= 15 is 0 Å². The van der Waals surface area contributed by atoms with E-state index in [-0.39, 0.29) is 5.69 Å². The Morgan fingerprint density at radius 2 is 2.22 bits per heavy atom. The van der Waals surface area contributed by atoms with Gasteiger partial charge in [0.05, 0.1) is 6.54 Å². The van der Waals surface area contributed by atoms with Crippen molar-refractivity contribution in [3.8, 4) is 0 Å². The number of benzene rings is 1. The molecule has 1 aromatic heterocycles. The number of hydrogen-bond donors (Lipinski definition) is 1. The van der Waals surface area contributed by atoms with Crippen molar-refractivity contribution in [1.29, 1.82) is 0 Å². The largest absolute Gasteiger partial charge is 0.476 e. The quantitative estimate of drug-likeness (QED) is 0.938. The Bertz CT molecular complexity index is 761. The molecule has 0 saturated heterocycles. The maximum absolute atomic E-state index is 10.8. The summed E-state index contributed by atoms with van der Waals surface area (Å²) in [6.45, 7) is 6.55. The third-order valence-electron chi connectivity index (χ3n) is 4.37. The standard InChI is InChI=1S/C18H20N2O3/c1-12-4-3-5-15(13(12)2)14-6-8-20(9-7-14)10-17-19-16(11-23-17)18(21)22/h3-6,11H,7-10H2,1-2H3,(H,21,22). The number of oxazole rings is 1. The first-order valence-electron chi connectivity index (χ1n) is 7.70. The molecule has 0 radical (unpaired) electrons. The maximum atomic E-state index is 10.8. The van der Waals surface area contributed by atoms with Crippen molar-refractivity contribution >= 4 is 11.5 Å². The van der Waals surface area contributed by atoms with Gasteiger partial charge in [0.2, 0.25) is 5.89 Å². The summed E-state index contributed by atoms with van der Waals surface area (Å²) in [5, 5.41) is 8.87. The van der Waals surface area contributed by atoms with E-state index in [0.29, 0.717) is 12.4 Å². The summed E-state index contributed by atoms with van der Waals surface area (Å²) in [4.78, 5) is 17.0. The van der Waals surface area contributed by atoms with Crippen molar-refractivity contribution in [2.24, 2.45) is 0 Å². The van der Waals surface area contributed by atoms with Gasteiger partial charge in [-0.3, -0.25) is 4.90 Å². The SMILES string of the molecule is Cc1cccc(C2=CCN(Cc3nc(C(=O)O)co3)CC2)c1C. The highest BCUT2D eigenvalue weighted by atomic mass is 16.4. The lowest BCUT2D eigenvalue weighted by atomic mass is 9.93. The molecule has 0 aliphatic carbocycles. The molecule has 120 valence electrons. The molecule has 5 nitrogen and oxygen atoms in total. The minimum atomic E-state index is -1.06. The molecule has 23 heavy (non-hydrogen) atoms. The molecule has 5 heteroatoms. The van der Waals surface area contributed by atoms with Crippen molar-refractivity contribution in [1.82, 2.24) is 9.88 Å². The molecule has 0 bridgehead atoms. The summed E-state index contributed by atoms with van der Waals surface area (Å²) in [6.07, 6.45) is 4.40. The first kappa shape index (κ1) is 15.5. The normalized spacial score (nSPS) is 15.5. The Labute approximate surface area is 135 Å². The van der Waals surface area contributed by atoms with Crippen LogP contribution >= 0.6 is 0 Å². The fourth-order valence-corrected chi connectivity index (χ4v) is 2.87. The average molecular weight is 312 g/mol. The van der Waals surface area contributed by atoms with Gasteiger partial charge in [-0.15, -0.1) is 0 Å². The summed E-state index contributed by atoms with van der Waals surface area (Å²) < 4.78 is 5.22. The zero-order chi connectivity index (χ0) is 16.4. The molecule has 1 aliphatic rings. The molecule has 1 aliphatic heterocycles. The lowest BCUT2D eigenvalue weighted by molar-refractivity contribution is 0.0690. The second-order valence-corrected chi connectivity index (χ2v) is 5.89.